The molecule has 1 unspecified atom stereocenters. The summed E-state index contributed by atoms with van der Waals surface area (Å²) in [6, 6.07) is 7.32. The van der Waals surface area contributed by atoms with Crippen molar-refractivity contribution in [2.24, 2.45) is 16.8 Å². The first-order valence-electron chi connectivity index (χ1n) is 11.3. The third-order valence-electron chi connectivity index (χ3n) is 6.37. The summed E-state index contributed by atoms with van der Waals surface area (Å²) in [6.07, 6.45) is 3.61. The lowest BCUT2D eigenvalue weighted by Crippen LogP contribution is -2.45. The van der Waals surface area contributed by atoms with E-state index in [1.807, 2.05) is 34.9 Å². The number of likely N-dealkylation sites (tertiary alicyclic amines) is 1. The van der Waals surface area contributed by atoms with E-state index >= 15 is 0 Å². The number of carbonyl (C=O) groups excluding carboxylic acids is 2. The number of aliphatic imine (C=N–C) groups is 1. The van der Waals surface area contributed by atoms with E-state index in [0.29, 0.717) is 35.7 Å². The summed E-state index contributed by atoms with van der Waals surface area (Å²) in [5.74, 6) is 2.47. The second-order valence-electron chi connectivity index (χ2n) is 9.32. The minimum absolute atomic E-state index is 0.0566. The van der Waals surface area contributed by atoms with Gasteiger partial charge in [0, 0.05) is 32.2 Å². The van der Waals surface area contributed by atoms with Crippen molar-refractivity contribution in [3.63, 3.8) is 0 Å². The largest absolute Gasteiger partial charge is 0.497 e. The molecule has 1 aromatic rings. The maximum absolute atomic E-state index is 13.1. The number of hydrogen-bond donors (Lipinski definition) is 1. The van der Waals surface area contributed by atoms with Crippen LogP contribution in [0, 0.1) is 11.8 Å². The second kappa shape index (κ2) is 9.71. The Balaban J connectivity index is 1.53. The van der Waals surface area contributed by atoms with Crippen molar-refractivity contribution in [1.82, 2.24) is 15.1 Å². The van der Waals surface area contributed by atoms with E-state index in [0.717, 1.165) is 38.8 Å². The molecule has 0 bridgehead atoms. The molecule has 0 aliphatic carbocycles. The number of carbonyl (C=O) groups is 2. The highest BCUT2D eigenvalue weighted by atomic mass is 16.5. The molecule has 0 saturated carbocycles. The van der Waals surface area contributed by atoms with E-state index in [1.165, 1.54) is 0 Å². The van der Waals surface area contributed by atoms with Crippen molar-refractivity contribution in [3.8, 4) is 5.75 Å². The third-order valence-corrected chi connectivity index (χ3v) is 6.37. The zero-order chi connectivity index (χ0) is 22.6. The first-order valence-corrected chi connectivity index (χ1v) is 11.3. The van der Waals surface area contributed by atoms with Crippen LogP contribution in [0.1, 0.15) is 56.8 Å². The maximum atomic E-state index is 13.1. The molecule has 2 saturated heterocycles. The van der Waals surface area contributed by atoms with Crippen molar-refractivity contribution < 1.29 is 14.3 Å². The number of methoxy groups -OCH3 is 1. The van der Waals surface area contributed by atoms with Gasteiger partial charge in [-0.2, -0.15) is 0 Å². The predicted octanol–water partition coefficient (Wildman–Crippen LogP) is 3.16. The standard InChI is InChI=1S/C24H36N4O3/c1-17(2)16-24(3)22(30)28(23(25-4)26-24)14-11-18-9-12-27(13-10-18)21(29)19-7-6-8-20(15-19)31-5/h6-8,15,17-18H,9-14,16H2,1-5H3,(H,25,26). The molecule has 2 heterocycles. The van der Waals surface area contributed by atoms with Crippen molar-refractivity contribution in [2.45, 2.75) is 52.0 Å². The van der Waals surface area contributed by atoms with Crippen LogP contribution in [0.2, 0.25) is 0 Å². The molecule has 3 rings (SSSR count). The van der Waals surface area contributed by atoms with Gasteiger partial charge in [-0.1, -0.05) is 19.9 Å². The number of amides is 2. The SMILES string of the molecule is CN=C1NC(C)(CC(C)C)C(=O)N1CCC1CCN(C(=O)c2cccc(OC)c2)CC1. The number of benzene rings is 1. The van der Waals surface area contributed by atoms with Gasteiger partial charge in [-0.15, -0.1) is 0 Å². The van der Waals surface area contributed by atoms with E-state index in [9.17, 15) is 9.59 Å². The Morgan fingerprint density at radius 1 is 1.32 bits per heavy atom. The summed E-state index contributed by atoms with van der Waals surface area (Å²) in [4.78, 5) is 33.9. The molecule has 2 amide bonds. The fraction of sp³-hybridized carbons (Fsp3) is 0.625. The van der Waals surface area contributed by atoms with Crippen LogP contribution in [0.5, 0.6) is 5.75 Å². The van der Waals surface area contributed by atoms with Gasteiger partial charge in [0.25, 0.3) is 11.8 Å². The van der Waals surface area contributed by atoms with Crippen molar-refractivity contribution in [2.75, 3.05) is 33.8 Å². The highest BCUT2D eigenvalue weighted by molar-refractivity contribution is 6.08. The Bertz CT molecular complexity index is 830. The van der Waals surface area contributed by atoms with Gasteiger partial charge in [0.05, 0.1) is 7.11 Å². The lowest BCUT2D eigenvalue weighted by molar-refractivity contribution is -0.131. The summed E-state index contributed by atoms with van der Waals surface area (Å²) >= 11 is 0. The van der Waals surface area contributed by atoms with Crippen molar-refractivity contribution in [3.05, 3.63) is 29.8 Å². The zero-order valence-corrected chi connectivity index (χ0v) is 19.5. The minimum Gasteiger partial charge on any atom is -0.497 e. The van der Waals surface area contributed by atoms with Crippen LogP contribution in [-0.2, 0) is 4.79 Å². The monoisotopic (exact) mass is 428 g/mol. The van der Waals surface area contributed by atoms with Gasteiger partial charge < -0.3 is 15.0 Å². The fourth-order valence-corrected chi connectivity index (χ4v) is 4.78. The molecule has 0 radical (unpaired) electrons. The van der Waals surface area contributed by atoms with E-state index < -0.39 is 5.54 Å². The molecule has 2 aliphatic heterocycles. The van der Waals surface area contributed by atoms with E-state index in [4.69, 9.17) is 4.74 Å². The molecule has 2 fully saturated rings. The molecular formula is C24H36N4O3. The number of nitrogens with zero attached hydrogens (tertiary/aromatic N) is 3. The van der Waals surface area contributed by atoms with Crippen LogP contribution in [-0.4, -0.2) is 66.9 Å². The maximum Gasteiger partial charge on any atom is 0.254 e. The molecule has 1 N–H and O–H groups in total. The topological polar surface area (TPSA) is 74.2 Å². The Labute approximate surface area is 185 Å². The molecule has 0 spiro atoms. The summed E-state index contributed by atoms with van der Waals surface area (Å²) in [5.41, 5.74) is 0.0926. The van der Waals surface area contributed by atoms with Gasteiger partial charge in [-0.05, 0) is 62.6 Å². The summed E-state index contributed by atoms with van der Waals surface area (Å²) in [7, 11) is 3.34. The van der Waals surface area contributed by atoms with Gasteiger partial charge in [0.2, 0.25) is 5.96 Å². The van der Waals surface area contributed by atoms with Gasteiger partial charge in [0.1, 0.15) is 11.3 Å². The average molecular weight is 429 g/mol. The Morgan fingerprint density at radius 2 is 2.03 bits per heavy atom. The summed E-state index contributed by atoms with van der Waals surface area (Å²) in [6.45, 7) is 8.39. The first kappa shape index (κ1) is 23.1. The molecule has 1 aromatic carbocycles. The van der Waals surface area contributed by atoms with Gasteiger partial charge in [-0.25, -0.2) is 0 Å². The van der Waals surface area contributed by atoms with Crippen LogP contribution in [0.15, 0.2) is 29.3 Å². The third kappa shape index (κ3) is 5.20. The number of hydrogen-bond acceptors (Lipinski definition) is 4. The van der Waals surface area contributed by atoms with Crippen LogP contribution in [0.4, 0.5) is 0 Å². The first-order chi connectivity index (χ1) is 14.8. The summed E-state index contributed by atoms with van der Waals surface area (Å²) in [5, 5.41) is 3.35. The van der Waals surface area contributed by atoms with Crippen LogP contribution < -0.4 is 10.1 Å². The minimum atomic E-state index is -0.574. The predicted molar refractivity (Wildman–Crippen MR) is 122 cm³/mol. The van der Waals surface area contributed by atoms with Crippen LogP contribution >= 0.6 is 0 Å². The second-order valence-corrected chi connectivity index (χ2v) is 9.32. The van der Waals surface area contributed by atoms with Gasteiger partial charge in [0.15, 0.2) is 0 Å². The smallest absolute Gasteiger partial charge is 0.254 e. The molecular weight excluding hydrogens is 392 g/mol. The van der Waals surface area contributed by atoms with E-state index in [1.54, 1.807) is 20.2 Å². The number of piperidine rings is 1. The Kier molecular flexibility index (Phi) is 7.23. The molecule has 2 aliphatic rings. The molecule has 7 nitrogen and oxygen atoms in total. The van der Waals surface area contributed by atoms with Crippen molar-refractivity contribution >= 4 is 17.8 Å². The number of guanidine groups is 1. The van der Waals surface area contributed by atoms with Crippen molar-refractivity contribution in [1.29, 1.82) is 0 Å². The average Bonchev–Trinajstić information content (AvgIpc) is 3.01. The van der Waals surface area contributed by atoms with Gasteiger partial charge >= 0.3 is 0 Å². The lowest BCUT2D eigenvalue weighted by atomic mass is 9.90. The lowest BCUT2D eigenvalue weighted by Gasteiger charge is -2.33. The molecule has 31 heavy (non-hydrogen) atoms. The molecule has 0 aromatic heterocycles. The number of ether oxygens (including phenoxy) is 1. The number of nitrogens with one attached hydrogen (secondary N) is 1. The zero-order valence-electron chi connectivity index (χ0n) is 19.5. The molecule has 1 atom stereocenters. The number of rotatable bonds is 7. The van der Waals surface area contributed by atoms with Crippen LogP contribution in [0.25, 0.3) is 0 Å². The molecule has 7 heteroatoms. The normalized spacial score (nSPS) is 23.5. The fourth-order valence-electron chi connectivity index (χ4n) is 4.78. The van der Waals surface area contributed by atoms with E-state index in [2.05, 4.69) is 24.2 Å². The Morgan fingerprint density at radius 3 is 2.65 bits per heavy atom. The Hall–Kier alpha value is -2.57. The van der Waals surface area contributed by atoms with E-state index in [-0.39, 0.29) is 11.8 Å². The highest BCUT2D eigenvalue weighted by Gasteiger charge is 2.46. The van der Waals surface area contributed by atoms with Crippen LogP contribution in [0.3, 0.4) is 0 Å². The molecule has 170 valence electrons. The highest BCUT2D eigenvalue weighted by Crippen LogP contribution is 2.28. The summed E-state index contributed by atoms with van der Waals surface area (Å²) < 4.78 is 5.23. The van der Waals surface area contributed by atoms with Gasteiger partial charge in [-0.3, -0.25) is 19.5 Å². The quantitative estimate of drug-likeness (QED) is 0.724.